The summed E-state index contributed by atoms with van der Waals surface area (Å²) in [6.07, 6.45) is -0.549. The minimum Gasteiger partial charge on any atom is -0.409 e. The van der Waals surface area contributed by atoms with Crippen molar-refractivity contribution in [2.45, 2.75) is 6.61 Å². The Labute approximate surface area is 87.8 Å². The van der Waals surface area contributed by atoms with Gasteiger partial charge in [0.2, 0.25) is 5.91 Å². The molecular formula is C9H6F2N2O3. The van der Waals surface area contributed by atoms with Crippen LogP contribution in [-0.4, -0.2) is 17.5 Å². The Morgan fingerprint density at radius 1 is 1.50 bits per heavy atom. The Hall–Kier alpha value is -2.18. The molecule has 0 saturated carbocycles. The van der Waals surface area contributed by atoms with Gasteiger partial charge in [-0.1, -0.05) is 0 Å². The van der Waals surface area contributed by atoms with Gasteiger partial charge in [0, 0.05) is 5.56 Å². The highest BCUT2D eigenvalue weighted by Gasteiger charge is 2.13. The van der Waals surface area contributed by atoms with Crippen LogP contribution in [0.15, 0.2) is 22.6 Å². The van der Waals surface area contributed by atoms with Crippen LogP contribution in [0.2, 0.25) is 0 Å². The van der Waals surface area contributed by atoms with Gasteiger partial charge in [0.25, 0.3) is 0 Å². The number of amides is 1. The highest BCUT2D eigenvalue weighted by Crippen LogP contribution is 2.22. The third-order valence-electron chi connectivity index (χ3n) is 1.84. The van der Waals surface area contributed by atoms with Crippen molar-refractivity contribution in [1.29, 1.82) is 0 Å². The molecule has 0 aliphatic carbocycles. The molecule has 1 aromatic carbocycles. The second-order valence-corrected chi connectivity index (χ2v) is 2.91. The Morgan fingerprint density at radius 3 is 2.88 bits per heavy atom. The Kier molecular flexibility index (Phi) is 2.43. The zero-order chi connectivity index (χ0) is 11.7. The second kappa shape index (κ2) is 3.76. The number of alkyl halides is 2. The van der Waals surface area contributed by atoms with Crippen molar-refractivity contribution in [3.63, 3.8) is 0 Å². The number of fused-ring (bicyclic) bond motifs is 1. The van der Waals surface area contributed by atoms with Crippen molar-refractivity contribution in [3.05, 3.63) is 23.8 Å². The summed E-state index contributed by atoms with van der Waals surface area (Å²) in [4.78, 5) is 14.5. The first-order valence-electron chi connectivity index (χ1n) is 4.21. The first-order valence-corrected chi connectivity index (χ1v) is 4.21. The maximum absolute atomic E-state index is 11.9. The summed E-state index contributed by atoms with van der Waals surface area (Å²) >= 11 is 0. The predicted octanol–water partition coefficient (Wildman–Crippen LogP) is 1.53. The molecule has 2 N–H and O–H groups in total. The van der Waals surface area contributed by atoms with Gasteiger partial charge in [-0.15, -0.1) is 0 Å². The quantitative estimate of drug-likeness (QED) is 0.863. The fourth-order valence-corrected chi connectivity index (χ4v) is 1.19. The van der Waals surface area contributed by atoms with Gasteiger partial charge in [0.05, 0.1) is 0 Å². The smallest absolute Gasteiger partial charge is 0.399 e. The molecule has 0 saturated heterocycles. The predicted molar refractivity (Wildman–Crippen MR) is 49.2 cm³/mol. The lowest BCUT2D eigenvalue weighted by Crippen LogP contribution is -2.10. The fourth-order valence-electron chi connectivity index (χ4n) is 1.19. The number of rotatable bonds is 3. The molecule has 2 rings (SSSR count). The number of aromatic nitrogens is 1. The van der Waals surface area contributed by atoms with Gasteiger partial charge in [-0.2, -0.15) is 13.8 Å². The molecule has 1 amide bonds. The van der Waals surface area contributed by atoms with Crippen LogP contribution in [-0.2, 0) is 0 Å². The van der Waals surface area contributed by atoms with Crippen LogP contribution in [0.25, 0.3) is 11.1 Å². The topological polar surface area (TPSA) is 78.4 Å². The Bertz CT molecular complexity index is 539. The van der Waals surface area contributed by atoms with Crippen LogP contribution in [0.5, 0.6) is 6.08 Å². The summed E-state index contributed by atoms with van der Waals surface area (Å²) in [5.41, 5.74) is 5.72. The molecule has 0 atom stereocenters. The lowest BCUT2D eigenvalue weighted by atomic mass is 10.2. The minimum atomic E-state index is -3.01. The normalized spacial score (nSPS) is 10.9. The number of benzene rings is 1. The standard InChI is InChI=1S/C9H6F2N2O3/c10-8(11)16-9-13-5-3-4(7(12)14)1-2-6(5)15-9/h1-3,8H,(H2,12,14). The van der Waals surface area contributed by atoms with E-state index < -0.39 is 18.6 Å². The van der Waals surface area contributed by atoms with Gasteiger partial charge in [-0.3, -0.25) is 4.79 Å². The van der Waals surface area contributed by atoms with E-state index in [2.05, 4.69) is 9.72 Å². The lowest BCUT2D eigenvalue weighted by molar-refractivity contribution is -0.0664. The van der Waals surface area contributed by atoms with Crippen LogP contribution >= 0.6 is 0 Å². The second-order valence-electron chi connectivity index (χ2n) is 2.91. The Morgan fingerprint density at radius 2 is 2.25 bits per heavy atom. The summed E-state index contributed by atoms with van der Waals surface area (Å²) < 4.78 is 32.5. The summed E-state index contributed by atoms with van der Waals surface area (Å²) in [7, 11) is 0. The van der Waals surface area contributed by atoms with E-state index in [0.717, 1.165) is 0 Å². The molecule has 5 nitrogen and oxygen atoms in total. The molecule has 0 aliphatic rings. The van der Waals surface area contributed by atoms with E-state index >= 15 is 0 Å². The molecule has 0 unspecified atom stereocenters. The molecule has 16 heavy (non-hydrogen) atoms. The first-order chi connectivity index (χ1) is 7.56. The van der Waals surface area contributed by atoms with Crippen LogP contribution < -0.4 is 10.5 Å². The van der Waals surface area contributed by atoms with E-state index in [0.29, 0.717) is 0 Å². The lowest BCUT2D eigenvalue weighted by Gasteiger charge is -1.94. The van der Waals surface area contributed by atoms with Crippen LogP contribution in [0, 0.1) is 0 Å². The summed E-state index contributed by atoms with van der Waals surface area (Å²) in [5.74, 6) is -0.638. The molecule has 0 spiro atoms. The van der Waals surface area contributed by atoms with Crippen molar-refractivity contribution in [3.8, 4) is 6.08 Å². The molecule has 7 heteroatoms. The van der Waals surface area contributed by atoms with Gasteiger partial charge >= 0.3 is 12.7 Å². The molecule has 84 valence electrons. The summed E-state index contributed by atoms with van der Waals surface area (Å²) in [6.45, 7) is -3.01. The fraction of sp³-hybridized carbons (Fsp3) is 0.111. The van der Waals surface area contributed by atoms with Crippen molar-refractivity contribution in [1.82, 2.24) is 4.98 Å². The number of halogens is 2. The molecule has 0 radical (unpaired) electrons. The highest BCUT2D eigenvalue weighted by molar-refractivity contribution is 5.95. The van der Waals surface area contributed by atoms with E-state index in [1.54, 1.807) is 0 Å². The monoisotopic (exact) mass is 228 g/mol. The zero-order valence-electron chi connectivity index (χ0n) is 7.81. The van der Waals surface area contributed by atoms with Crippen LogP contribution in [0.4, 0.5) is 8.78 Å². The number of oxazole rings is 1. The maximum Gasteiger partial charge on any atom is 0.399 e. The number of nitrogens with zero attached hydrogens (tertiary/aromatic N) is 1. The van der Waals surface area contributed by atoms with Gasteiger partial charge in [-0.25, -0.2) is 0 Å². The van der Waals surface area contributed by atoms with E-state index in [-0.39, 0.29) is 16.7 Å². The van der Waals surface area contributed by atoms with Gasteiger partial charge in [-0.05, 0) is 18.2 Å². The third kappa shape index (κ3) is 1.92. The van der Waals surface area contributed by atoms with Crippen molar-refractivity contribution >= 4 is 17.0 Å². The van der Waals surface area contributed by atoms with Crippen molar-refractivity contribution in [2.75, 3.05) is 0 Å². The van der Waals surface area contributed by atoms with Crippen molar-refractivity contribution < 1.29 is 22.7 Å². The van der Waals surface area contributed by atoms with Gasteiger partial charge in [0.1, 0.15) is 5.52 Å². The van der Waals surface area contributed by atoms with Crippen LogP contribution in [0.1, 0.15) is 10.4 Å². The molecule has 0 aliphatic heterocycles. The number of carbonyl (C=O) groups is 1. The van der Waals surface area contributed by atoms with Gasteiger partial charge < -0.3 is 14.9 Å². The number of nitrogens with two attached hydrogens (primary N) is 1. The number of ether oxygens (including phenoxy) is 1. The molecule has 0 bridgehead atoms. The number of hydrogen-bond acceptors (Lipinski definition) is 4. The zero-order valence-corrected chi connectivity index (χ0v) is 7.81. The number of carbonyl (C=O) groups excluding carboxylic acids is 1. The minimum absolute atomic E-state index is 0.212. The first kappa shape index (κ1) is 10.3. The molecule has 0 fully saturated rings. The maximum atomic E-state index is 11.9. The molecule has 2 aromatic rings. The van der Waals surface area contributed by atoms with E-state index in [1.807, 2.05) is 0 Å². The van der Waals surface area contributed by atoms with Crippen molar-refractivity contribution in [2.24, 2.45) is 5.73 Å². The average molecular weight is 228 g/mol. The third-order valence-corrected chi connectivity index (χ3v) is 1.84. The Balaban J connectivity index is 2.42. The van der Waals surface area contributed by atoms with E-state index in [9.17, 15) is 13.6 Å². The van der Waals surface area contributed by atoms with Crippen LogP contribution in [0.3, 0.4) is 0 Å². The SMILES string of the molecule is NC(=O)c1ccc2oc(OC(F)F)nc2c1. The van der Waals surface area contributed by atoms with E-state index in [4.69, 9.17) is 10.2 Å². The molecular weight excluding hydrogens is 222 g/mol. The van der Waals surface area contributed by atoms with E-state index in [1.165, 1.54) is 18.2 Å². The molecule has 1 heterocycles. The summed E-state index contributed by atoms with van der Waals surface area (Å²) in [6, 6.07) is 4.14. The molecule has 1 aromatic heterocycles. The van der Waals surface area contributed by atoms with Gasteiger partial charge in [0.15, 0.2) is 5.58 Å². The number of hydrogen-bond donors (Lipinski definition) is 1. The number of primary amides is 1. The summed E-state index contributed by atoms with van der Waals surface area (Å²) in [5, 5.41) is 0. The largest absolute Gasteiger partial charge is 0.409 e. The highest BCUT2D eigenvalue weighted by atomic mass is 19.3. The average Bonchev–Trinajstić information content (AvgIpc) is 2.56.